The van der Waals surface area contributed by atoms with Crippen molar-refractivity contribution in [3.05, 3.63) is 34.0 Å². The summed E-state index contributed by atoms with van der Waals surface area (Å²) in [6, 6.07) is 4.73. The van der Waals surface area contributed by atoms with Gasteiger partial charge < -0.3 is 0 Å². The highest BCUT2D eigenvalue weighted by Gasteiger charge is 2.15. The first-order valence-electron chi connectivity index (χ1n) is 3.65. The Balaban J connectivity index is 2.85. The summed E-state index contributed by atoms with van der Waals surface area (Å²) in [7, 11) is 0. The molecular formula is C8H3N3O2S. The molecule has 1 aromatic heterocycles. The van der Waals surface area contributed by atoms with Gasteiger partial charge in [-0.15, -0.1) is 0 Å². The van der Waals surface area contributed by atoms with Gasteiger partial charge in [-0.3, -0.25) is 10.1 Å². The zero-order valence-corrected chi connectivity index (χ0v) is 7.61. The standard InChI is InChI=1S/C8H3N3O2S/c9-3-5-1-6-4-10-14-8(6)7(2-5)11(12)13/h1-2,4H. The lowest BCUT2D eigenvalue weighted by molar-refractivity contribution is -0.382. The van der Waals surface area contributed by atoms with Gasteiger partial charge in [0.25, 0.3) is 5.69 Å². The van der Waals surface area contributed by atoms with Crippen LogP contribution in [0.2, 0.25) is 0 Å². The van der Waals surface area contributed by atoms with Crippen molar-refractivity contribution in [3.63, 3.8) is 0 Å². The van der Waals surface area contributed by atoms with E-state index in [2.05, 4.69) is 4.37 Å². The van der Waals surface area contributed by atoms with Crippen LogP contribution in [0.5, 0.6) is 0 Å². The molecule has 1 aromatic carbocycles. The molecule has 5 nitrogen and oxygen atoms in total. The van der Waals surface area contributed by atoms with Crippen LogP contribution in [0.1, 0.15) is 5.56 Å². The van der Waals surface area contributed by atoms with Crippen molar-refractivity contribution < 1.29 is 4.92 Å². The third kappa shape index (κ3) is 1.20. The van der Waals surface area contributed by atoms with Crippen molar-refractivity contribution in [2.45, 2.75) is 0 Å². The molecule has 0 aliphatic heterocycles. The first kappa shape index (κ1) is 8.59. The van der Waals surface area contributed by atoms with Crippen LogP contribution in [0.15, 0.2) is 18.3 Å². The van der Waals surface area contributed by atoms with Crippen LogP contribution in [0.25, 0.3) is 10.1 Å². The predicted octanol–water partition coefficient (Wildman–Crippen LogP) is 2.08. The Morgan fingerprint density at radius 2 is 2.36 bits per heavy atom. The first-order valence-corrected chi connectivity index (χ1v) is 4.42. The number of nitro groups is 1. The Kier molecular flexibility index (Phi) is 1.87. The number of aromatic nitrogens is 1. The second-order valence-corrected chi connectivity index (χ2v) is 3.41. The van der Waals surface area contributed by atoms with Crippen molar-refractivity contribution >= 4 is 27.3 Å². The van der Waals surface area contributed by atoms with Crippen LogP contribution >= 0.6 is 11.5 Å². The van der Waals surface area contributed by atoms with E-state index in [4.69, 9.17) is 5.26 Å². The van der Waals surface area contributed by atoms with Crippen molar-refractivity contribution in [2.24, 2.45) is 0 Å². The van der Waals surface area contributed by atoms with Crippen LogP contribution in [-0.4, -0.2) is 9.30 Å². The van der Waals surface area contributed by atoms with Gasteiger partial charge in [0.2, 0.25) is 0 Å². The minimum Gasteiger partial charge on any atom is -0.258 e. The van der Waals surface area contributed by atoms with E-state index in [9.17, 15) is 10.1 Å². The lowest BCUT2D eigenvalue weighted by Crippen LogP contribution is -1.88. The molecule has 0 spiro atoms. The molecule has 0 bridgehead atoms. The molecule has 14 heavy (non-hydrogen) atoms. The number of nitrogens with zero attached hydrogens (tertiary/aromatic N) is 3. The average Bonchev–Trinajstić information content (AvgIpc) is 2.63. The molecule has 0 aliphatic carbocycles. The number of non-ortho nitro benzene ring substituents is 1. The van der Waals surface area contributed by atoms with Crippen molar-refractivity contribution in [3.8, 4) is 6.07 Å². The van der Waals surface area contributed by atoms with E-state index >= 15 is 0 Å². The van der Waals surface area contributed by atoms with Gasteiger partial charge in [-0.1, -0.05) is 0 Å². The van der Waals surface area contributed by atoms with E-state index < -0.39 is 4.92 Å². The Morgan fingerprint density at radius 3 is 3.00 bits per heavy atom. The minimum atomic E-state index is -0.499. The summed E-state index contributed by atoms with van der Waals surface area (Å²) >= 11 is 1.06. The Morgan fingerprint density at radius 1 is 1.57 bits per heavy atom. The van der Waals surface area contributed by atoms with E-state index in [1.807, 2.05) is 6.07 Å². The van der Waals surface area contributed by atoms with Crippen LogP contribution in [0, 0.1) is 21.4 Å². The summed E-state index contributed by atoms with van der Waals surface area (Å²) in [5.74, 6) is 0. The smallest absolute Gasteiger partial charge is 0.258 e. The lowest BCUT2D eigenvalue weighted by Gasteiger charge is -1.93. The monoisotopic (exact) mass is 205 g/mol. The zero-order chi connectivity index (χ0) is 10.1. The number of nitro benzene ring substituents is 1. The quantitative estimate of drug-likeness (QED) is 0.527. The topological polar surface area (TPSA) is 79.8 Å². The summed E-state index contributed by atoms with van der Waals surface area (Å²) < 4.78 is 4.36. The van der Waals surface area contributed by atoms with E-state index in [-0.39, 0.29) is 11.3 Å². The molecule has 6 heteroatoms. The van der Waals surface area contributed by atoms with Gasteiger partial charge in [0.05, 0.1) is 16.6 Å². The van der Waals surface area contributed by atoms with E-state index in [1.54, 1.807) is 6.07 Å². The fourth-order valence-electron chi connectivity index (χ4n) is 1.17. The number of hydrogen-bond acceptors (Lipinski definition) is 5. The van der Waals surface area contributed by atoms with E-state index in [1.165, 1.54) is 12.3 Å². The highest BCUT2D eigenvalue weighted by Crippen LogP contribution is 2.29. The highest BCUT2D eigenvalue weighted by molar-refractivity contribution is 7.13. The van der Waals surface area contributed by atoms with Gasteiger partial charge in [-0.25, -0.2) is 0 Å². The van der Waals surface area contributed by atoms with Gasteiger partial charge >= 0.3 is 0 Å². The Bertz CT molecular complexity index is 555. The summed E-state index contributed by atoms with van der Waals surface area (Å²) in [5, 5.41) is 19.9. The van der Waals surface area contributed by atoms with Gasteiger partial charge in [-0.2, -0.15) is 9.64 Å². The molecule has 2 aromatic rings. The molecule has 0 N–H and O–H groups in total. The molecule has 0 unspecified atom stereocenters. The molecule has 68 valence electrons. The van der Waals surface area contributed by atoms with Gasteiger partial charge in [0.1, 0.15) is 4.70 Å². The van der Waals surface area contributed by atoms with Crippen molar-refractivity contribution in [2.75, 3.05) is 0 Å². The molecule has 0 fully saturated rings. The molecule has 0 saturated heterocycles. The third-order valence-corrected chi connectivity index (χ3v) is 2.60. The van der Waals surface area contributed by atoms with Crippen LogP contribution < -0.4 is 0 Å². The van der Waals surface area contributed by atoms with Crippen molar-refractivity contribution in [1.82, 2.24) is 4.37 Å². The minimum absolute atomic E-state index is 0.0541. The molecule has 1 heterocycles. The predicted molar refractivity (Wildman–Crippen MR) is 51.0 cm³/mol. The maximum Gasteiger partial charge on any atom is 0.290 e. The van der Waals surface area contributed by atoms with Gasteiger partial charge in [0.15, 0.2) is 0 Å². The number of benzene rings is 1. The summed E-state index contributed by atoms with van der Waals surface area (Å²) in [5.41, 5.74) is 0.228. The Labute approximate surface area is 82.5 Å². The molecule has 0 saturated carbocycles. The fourth-order valence-corrected chi connectivity index (χ4v) is 1.88. The lowest BCUT2D eigenvalue weighted by atomic mass is 10.2. The largest absolute Gasteiger partial charge is 0.290 e. The number of hydrogen-bond donors (Lipinski definition) is 0. The average molecular weight is 205 g/mol. The van der Waals surface area contributed by atoms with Crippen LogP contribution in [-0.2, 0) is 0 Å². The SMILES string of the molecule is N#Cc1cc([N+](=O)[O-])c2sncc2c1. The molecule has 0 aliphatic rings. The first-order chi connectivity index (χ1) is 6.72. The fraction of sp³-hybridized carbons (Fsp3) is 0. The molecule has 2 rings (SSSR count). The summed E-state index contributed by atoms with van der Waals surface area (Å²) in [4.78, 5) is 10.2. The zero-order valence-electron chi connectivity index (χ0n) is 6.80. The second-order valence-electron chi connectivity index (χ2n) is 2.61. The molecular weight excluding hydrogens is 202 g/mol. The van der Waals surface area contributed by atoms with Gasteiger partial charge in [0, 0.05) is 17.6 Å². The normalized spacial score (nSPS) is 9.93. The maximum atomic E-state index is 10.7. The third-order valence-electron chi connectivity index (χ3n) is 1.76. The molecule has 0 atom stereocenters. The van der Waals surface area contributed by atoms with E-state index in [0.29, 0.717) is 10.1 Å². The second kappa shape index (κ2) is 3.05. The summed E-state index contributed by atoms with van der Waals surface area (Å²) in [6.07, 6.45) is 1.52. The maximum absolute atomic E-state index is 10.7. The number of rotatable bonds is 1. The highest BCUT2D eigenvalue weighted by atomic mass is 32.1. The van der Waals surface area contributed by atoms with Crippen LogP contribution in [0.3, 0.4) is 0 Å². The number of fused-ring (bicyclic) bond motifs is 1. The van der Waals surface area contributed by atoms with E-state index in [0.717, 1.165) is 11.5 Å². The van der Waals surface area contributed by atoms with Gasteiger partial charge in [-0.05, 0) is 17.6 Å². The Hall–Kier alpha value is -2.00. The molecule has 0 amide bonds. The number of nitriles is 1. The summed E-state index contributed by atoms with van der Waals surface area (Å²) in [6.45, 7) is 0. The van der Waals surface area contributed by atoms with Crippen molar-refractivity contribution in [1.29, 1.82) is 5.26 Å². The van der Waals surface area contributed by atoms with Crippen LogP contribution in [0.4, 0.5) is 5.69 Å². The molecule has 0 radical (unpaired) electrons.